The first-order valence-electron chi connectivity index (χ1n) is 13.2. The van der Waals surface area contributed by atoms with Gasteiger partial charge in [0.05, 0.1) is 31.9 Å². The summed E-state index contributed by atoms with van der Waals surface area (Å²) in [7, 11) is 1.55. The van der Waals surface area contributed by atoms with E-state index in [4.69, 9.17) is 14.2 Å². The number of anilines is 1. The molecule has 3 aromatic rings. The number of methoxy groups -OCH3 is 1. The number of hydrogen-bond donors (Lipinski definition) is 1. The highest BCUT2D eigenvalue weighted by Gasteiger charge is 2.47. The monoisotopic (exact) mass is 529 g/mol. The highest BCUT2D eigenvalue weighted by Crippen LogP contribution is 2.43. The first-order valence-corrected chi connectivity index (χ1v) is 13.2. The summed E-state index contributed by atoms with van der Waals surface area (Å²) in [5, 5.41) is 11.5. The first-order chi connectivity index (χ1) is 18.7. The molecule has 1 unspecified atom stereocenters. The third-order valence-corrected chi connectivity index (χ3v) is 6.44. The SMILES string of the molecule is CCCOc1cccc(N2C(=O)C(=O)/C(=C(/O)c3ccc(OCC(C)C)c(C)c3)C2c2cccc(OC)c2)c1. The van der Waals surface area contributed by atoms with Crippen molar-refractivity contribution in [2.45, 2.75) is 40.2 Å². The van der Waals surface area contributed by atoms with Crippen molar-refractivity contribution in [3.63, 3.8) is 0 Å². The van der Waals surface area contributed by atoms with Gasteiger partial charge in [0.2, 0.25) is 0 Å². The van der Waals surface area contributed by atoms with Crippen molar-refractivity contribution in [2.24, 2.45) is 5.92 Å². The number of carbonyl (C=O) groups excluding carboxylic acids is 2. The molecule has 0 aliphatic carbocycles. The van der Waals surface area contributed by atoms with Crippen LogP contribution in [0.2, 0.25) is 0 Å². The summed E-state index contributed by atoms with van der Waals surface area (Å²) in [6.45, 7) is 9.12. The Kier molecular flexibility index (Phi) is 8.59. The standard InChI is InChI=1S/C32H35NO6/c1-6-15-38-26-12-8-10-24(18-26)33-29(22-9-7-11-25(17-22)37-5)28(31(35)32(33)36)30(34)23-13-14-27(21(4)16-23)39-19-20(2)3/h7-14,16-18,20,29,34H,6,15,19H2,1-5H3/b30-28+. The van der Waals surface area contributed by atoms with Gasteiger partial charge in [0.1, 0.15) is 23.0 Å². The van der Waals surface area contributed by atoms with Crippen molar-refractivity contribution in [3.8, 4) is 17.2 Å². The van der Waals surface area contributed by atoms with Crippen molar-refractivity contribution in [3.05, 3.63) is 89.0 Å². The molecule has 1 aliphatic rings. The van der Waals surface area contributed by atoms with Gasteiger partial charge in [0, 0.05) is 17.3 Å². The third-order valence-electron chi connectivity index (χ3n) is 6.44. The van der Waals surface area contributed by atoms with E-state index in [9.17, 15) is 14.7 Å². The number of rotatable bonds is 10. The van der Waals surface area contributed by atoms with Crippen molar-refractivity contribution in [2.75, 3.05) is 25.2 Å². The molecular weight excluding hydrogens is 494 g/mol. The molecule has 7 nitrogen and oxygen atoms in total. The smallest absolute Gasteiger partial charge is 0.300 e. The minimum absolute atomic E-state index is 0.00313. The summed E-state index contributed by atoms with van der Waals surface area (Å²) in [5.41, 5.74) is 2.36. The van der Waals surface area contributed by atoms with E-state index in [2.05, 4.69) is 13.8 Å². The van der Waals surface area contributed by atoms with E-state index in [1.807, 2.05) is 26.0 Å². The van der Waals surface area contributed by atoms with Crippen LogP contribution in [-0.4, -0.2) is 37.1 Å². The van der Waals surface area contributed by atoms with Gasteiger partial charge in [-0.3, -0.25) is 14.5 Å². The van der Waals surface area contributed by atoms with Crippen LogP contribution in [0, 0.1) is 12.8 Å². The fourth-order valence-electron chi connectivity index (χ4n) is 4.54. The van der Waals surface area contributed by atoms with E-state index in [1.54, 1.807) is 61.7 Å². The number of ether oxygens (including phenoxy) is 3. The highest BCUT2D eigenvalue weighted by molar-refractivity contribution is 6.51. The number of aliphatic hydroxyl groups excluding tert-OH is 1. The van der Waals surface area contributed by atoms with E-state index in [1.165, 1.54) is 4.90 Å². The molecule has 1 heterocycles. The molecule has 0 aromatic heterocycles. The fraction of sp³-hybridized carbons (Fsp3) is 0.312. The van der Waals surface area contributed by atoms with E-state index in [0.29, 0.717) is 53.2 Å². The highest BCUT2D eigenvalue weighted by atomic mass is 16.5. The summed E-state index contributed by atoms with van der Waals surface area (Å²) >= 11 is 0. The maximum Gasteiger partial charge on any atom is 0.300 e. The third kappa shape index (κ3) is 5.93. The largest absolute Gasteiger partial charge is 0.507 e. The quantitative estimate of drug-likeness (QED) is 0.184. The topological polar surface area (TPSA) is 85.3 Å². The van der Waals surface area contributed by atoms with Gasteiger partial charge in [-0.2, -0.15) is 0 Å². The Hall–Kier alpha value is -4.26. The van der Waals surface area contributed by atoms with E-state index < -0.39 is 17.7 Å². The molecule has 1 amide bonds. The van der Waals surface area contributed by atoms with Crippen LogP contribution in [-0.2, 0) is 9.59 Å². The summed E-state index contributed by atoms with van der Waals surface area (Å²) in [6, 6.07) is 18.6. The number of aryl methyl sites for hydroxylation is 1. The molecule has 0 radical (unpaired) electrons. The zero-order valence-electron chi connectivity index (χ0n) is 23.1. The summed E-state index contributed by atoms with van der Waals surface area (Å²) < 4.78 is 17.1. The van der Waals surface area contributed by atoms with Crippen LogP contribution in [0.1, 0.15) is 49.9 Å². The molecule has 1 atom stereocenters. The molecule has 1 N–H and O–H groups in total. The molecule has 3 aromatic carbocycles. The lowest BCUT2D eigenvalue weighted by Crippen LogP contribution is -2.29. The van der Waals surface area contributed by atoms with Crippen molar-refractivity contribution in [1.29, 1.82) is 0 Å². The van der Waals surface area contributed by atoms with Gasteiger partial charge < -0.3 is 19.3 Å². The molecule has 39 heavy (non-hydrogen) atoms. The lowest BCUT2D eigenvalue weighted by Gasteiger charge is -2.26. The average molecular weight is 530 g/mol. The molecular formula is C32H35NO6. The van der Waals surface area contributed by atoms with Crippen LogP contribution in [0.5, 0.6) is 17.2 Å². The molecule has 1 saturated heterocycles. The summed E-state index contributed by atoms with van der Waals surface area (Å²) in [4.78, 5) is 28.5. The molecule has 204 valence electrons. The van der Waals surface area contributed by atoms with Gasteiger partial charge in [-0.15, -0.1) is 0 Å². The molecule has 0 saturated carbocycles. The Balaban J connectivity index is 1.85. The van der Waals surface area contributed by atoms with Gasteiger partial charge in [-0.25, -0.2) is 0 Å². The Morgan fingerprint density at radius 2 is 1.72 bits per heavy atom. The van der Waals surface area contributed by atoms with E-state index in [-0.39, 0.29) is 11.3 Å². The van der Waals surface area contributed by atoms with Gasteiger partial charge in [0.15, 0.2) is 0 Å². The van der Waals surface area contributed by atoms with Crippen molar-refractivity contribution >= 4 is 23.1 Å². The maximum absolute atomic E-state index is 13.5. The predicted octanol–water partition coefficient (Wildman–Crippen LogP) is 6.45. The van der Waals surface area contributed by atoms with Gasteiger partial charge in [-0.1, -0.05) is 39.0 Å². The van der Waals surface area contributed by atoms with Crippen LogP contribution in [0.15, 0.2) is 72.3 Å². The molecule has 1 fully saturated rings. The fourth-order valence-corrected chi connectivity index (χ4v) is 4.54. The molecule has 4 rings (SSSR count). The summed E-state index contributed by atoms with van der Waals surface area (Å²) in [6.07, 6.45) is 0.833. The van der Waals surface area contributed by atoms with Crippen LogP contribution >= 0.6 is 0 Å². The minimum Gasteiger partial charge on any atom is -0.507 e. The Bertz CT molecular complexity index is 1390. The second kappa shape index (κ2) is 12.1. The second-order valence-corrected chi connectivity index (χ2v) is 9.98. The average Bonchev–Trinajstić information content (AvgIpc) is 3.20. The Labute approximate surface area is 229 Å². The predicted molar refractivity (Wildman–Crippen MR) is 152 cm³/mol. The summed E-state index contributed by atoms with van der Waals surface area (Å²) in [5.74, 6) is 0.481. The molecule has 0 spiro atoms. The van der Waals surface area contributed by atoms with Crippen molar-refractivity contribution in [1.82, 2.24) is 0 Å². The second-order valence-electron chi connectivity index (χ2n) is 9.98. The number of benzene rings is 3. The lowest BCUT2D eigenvalue weighted by atomic mass is 9.94. The molecule has 0 bridgehead atoms. The number of hydrogen-bond acceptors (Lipinski definition) is 6. The maximum atomic E-state index is 13.5. The Morgan fingerprint density at radius 1 is 0.974 bits per heavy atom. The lowest BCUT2D eigenvalue weighted by molar-refractivity contribution is -0.132. The number of ketones is 1. The number of carbonyl (C=O) groups is 2. The van der Waals surface area contributed by atoms with Gasteiger partial charge in [-0.05, 0) is 72.9 Å². The first kappa shape index (κ1) is 27.8. The Morgan fingerprint density at radius 3 is 2.41 bits per heavy atom. The van der Waals surface area contributed by atoms with Crippen LogP contribution in [0.4, 0.5) is 5.69 Å². The van der Waals surface area contributed by atoms with Crippen molar-refractivity contribution < 1.29 is 28.9 Å². The van der Waals surface area contributed by atoms with Crippen LogP contribution in [0.25, 0.3) is 5.76 Å². The van der Waals surface area contributed by atoms with Crippen LogP contribution in [0.3, 0.4) is 0 Å². The number of amides is 1. The normalized spacial score (nSPS) is 16.6. The van der Waals surface area contributed by atoms with Gasteiger partial charge >= 0.3 is 0 Å². The zero-order valence-corrected chi connectivity index (χ0v) is 23.1. The minimum atomic E-state index is -0.876. The van der Waals surface area contributed by atoms with E-state index in [0.717, 1.165) is 12.0 Å². The molecule has 1 aliphatic heterocycles. The molecule has 7 heteroatoms. The van der Waals surface area contributed by atoms with Gasteiger partial charge in [0.25, 0.3) is 11.7 Å². The zero-order chi connectivity index (χ0) is 28.1. The number of Topliss-reactive ketones (excluding diaryl/α,β-unsaturated/α-hetero) is 1. The van der Waals surface area contributed by atoms with Crippen LogP contribution < -0.4 is 19.1 Å². The number of aliphatic hydroxyl groups is 1. The van der Waals surface area contributed by atoms with E-state index >= 15 is 0 Å². The number of nitrogens with zero attached hydrogens (tertiary/aromatic N) is 1.